The summed E-state index contributed by atoms with van der Waals surface area (Å²) in [5, 5.41) is 12.1. The van der Waals surface area contributed by atoms with E-state index in [0.29, 0.717) is 11.6 Å². The molecule has 1 aliphatic rings. The van der Waals surface area contributed by atoms with Crippen LogP contribution < -0.4 is 5.32 Å². The Balaban J connectivity index is 2.02. The number of aromatic nitrogens is 1. The Kier molecular flexibility index (Phi) is 2.84. The normalized spacial score (nSPS) is 21.2. The van der Waals surface area contributed by atoms with Gasteiger partial charge in [-0.05, 0) is 32.1 Å². The largest absolute Gasteiger partial charge is 0.366 e. The van der Waals surface area contributed by atoms with Crippen molar-refractivity contribution in [3.8, 4) is 6.07 Å². The van der Waals surface area contributed by atoms with Crippen molar-refractivity contribution in [2.45, 2.75) is 12.5 Å². The van der Waals surface area contributed by atoms with Crippen molar-refractivity contribution in [2.24, 2.45) is 0 Å². The predicted octanol–water partition coefficient (Wildman–Crippen LogP) is 1.07. The molecule has 0 aliphatic carbocycles. The van der Waals surface area contributed by atoms with E-state index in [9.17, 15) is 0 Å². The second-order valence-corrected chi connectivity index (χ2v) is 3.93. The van der Waals surface area contributed by atoms with Gasteiger partial charge in [0, 0.05) is 18.8 Å². The minimum Gasteiger partial charge on any atom is -0.366 e. The maximum absolute atomic E-state index is 8.75. The average Bonchev–Trinajstić information content (AvgIpc) is 2.64. The van der Waals surface area contributed by atoms with E-state index in [1.54, 1.807) is 18.3 Å². The van der Waals surface area contributed by atoms with Gasteiger partial charge in [0.15, 0.2) is 0 Å². The van der Waals surface area contributed by atoms with E-state index in [0.717, 1.165) is 25.3 Å². The first-order valence-electron chi connectivity index (χ1n) is 5.09. The summed E-state index contributed by atoms with van der Waals surface area (Å²) in [6, 6.07) is 6.07. The molecule has 1 N–H and O–H groups in total. The van der Waals surface area contributed by atoms with Crippen LogP contribution in [0.3, 0.4) is 0 Å². The molecule has 0 saturated carbocycles. The van der Waals surface area contributed by atoms with Crippen LogP contribution in [0, 0.1) is 11.3 Å². The zero-order chi connectivity index (χ0) is 10.7. The summed E-state index contributed by atoms with van der Waals surface area (Å²) >= 11 is 0. The molecule has 2 rings (SSSR count). The summed E-state index contributed by atoms with van der Waals surface area (Å²) in [4.78, 5) is 6.48. The molecule has 1 saturated heterocycles. The molecule has 0 radical (unpaired) electrons. The standard InChI is InChI=1S/C11H14N4/c1-15-5-3-10(8-15)14-11-6-9(7-12)2-4-13-11/h2,4,6,10H,3,5,8H2,1H3,(H,13,14). The first kappa shape index (κ1) is 9.94. The van der Waals surface area contributed by atoms with Gasteiger partial charge in [-0.15, -0.1) is 0 Å². The molecule has 1 unspecified atom stereocenters. The van der Waals surface area contributed by atoms with Crippen LogP contribution in [0.15, 0.2) is 18.3 Å². The van der Waals surface area contributed by atoms with E-state index in [1.807, 2.05) is 0 Å². The van der Waals surface area contributed by atoms with Crippen molar-refractivity contribution in [2.75, 3.05) is 25.5 Å². The fraction of sp³-hybridized carbons (Fsp3) is 0.455. The van der Waals surface area contributed by atoms with Gasteiger partial charge >= 0.3 is 0 Å². The van der Waals surface area contributed by atoms with Crippen LogP contribution in [0.5, 0.6) is 0 Å². The molecule has 1 fully saturated rings. The van der Waals surface area contributed by atoms with E-state index < -0.39 is 0 Å². The second-order valence-electron chi connectivity index (χ2n) is 3.93. The fourth-order valence-electron chi connectivity index (χ4n) is 1.84. The third-order valence-corrected chi connectivity index (χ3v) is 2.63. The van der Waals surface area contributed by atoms with Crippen LogP contribution in [-0.2, 0) is 0 Å². The molecule has 15 heavy (non-hydrogen) atoms. The first-order valence-corrected chi connectivity index (χ1v) is 5.09. The van der Waals surface area contributed by atoms with Crippen molar-refractivity contribution in [3.63, 3.8) is 0 Å². The lowest BCUT2D eigenvalue weighted by Gasteiger charge is -2.13. The van der Waals surface area contributed by atoms with Crippen molar-refractivity contribution < 1.29 is 0 Å². The van der Waals surface area contributed by atoms with Gasteiger partial charge < -0.3 is 10.2 Å². The van der Waals surface area contributed by atoms with Gasteiger partial charge in [0.25, 0.3) is 0 Å². The SMILES string of the molecule is CN1CCC(Nc2cc(C#N)ccn2)C1. The van der Waals surface area contributed by atoms with E-state index >= 15 is 0 Å². The number of anilines is 1. The minimum absolute atomic E-state index is 0.455. The lowest BCUT2D eigenvalue weighted by Crippen LogP contribution is -2.23. The number of hydrogen-bond donors (Lipinski definition) is 1. The van der Waals surface area contributed by atoms with Crippen LogP contribution in [0.25, 0.3) is 0 Å². The molecule has 1 aromatic rings. The Labute approximate surface area is 89.5 Å². The monoisotopic (exact) mass is 202 g/mol. The molecule has 1 aliphatic heterocycles. The third-order valence-electron chi connectivity index (χ3n) is 2.63. The first-order chi connectivity index (χ1) is 7.28. The lowest BCUT2D eigenvalue weighted by atomic mass is 10.2. The number of nitriles is 1. The van der Waals surface area contributed by atoms with E-state index in [2.05, 4.69) is 28.3 Å². The van der Waals surface area contributed by atoms with Crippen LogP contribution in [0.2, 0.25) is 0 Å². The molecule has 0 amide bonds. The highest BCUT2D eigenvalue weighted by Gasteiger charge is 2.19. The number of pyridine rings is 1. The molecule has 0 bridgehead atoms. The number of rotatable bonds is 2. The van der Waals surface area contributed by atoms with E-state index in [1.165, 1.54) is 0 Å². The topological polar surface area (TPSA) is 52.0 Å². The Morgan fingerprint density at radius 2 is 2.53 bits per heavy atom. The third kappa shape index (κ3) is 2.45. The zero-order valence-electron chi connectivity index (χ0n) is 8.77. The highest BCUT2D eigenvalue weighted by atomic mass is 15.2. The fourth-order valence-corrected chi connectivity index (χ4v) is 1.84. The maximum Gasteiger partial charge on any atom is 0.127 e. The van der Waals surface area contributed by atoms with Gasteiger partial charge in [-0.2, -0.15) is 5.26 Å². The molecular formula is C11H14N4. The molecule has 0 spiro atoms. The summed E-state index contributed by atoms with van der Waals surface area (Å²) in [7, 11) is 2.11. The van der Waals surface area contributed by atoms with Crippen molar-refractivity contribution in [1.82, 2.24) is 9.88 Å². The van der Waals surface area contributed by atoms with Gasteiger partial charge in [-0.1, -0.05) is 0 Å². The highest BCUT2D eigenvalue weighted by molar-refractivity contribution is 5.43. The Hall–Kier alpha value is -1.60. The summed E-state index contributed by atoms with van der Waals surface area (Å²) in [6.45, 7) is 2.16. The Morgan fingerprint density at radius 1 is 1.67 bits per heavy atom. The van der Waals surface area contributed by atoms with E-state index in [4.69, 9.17) is 5.26 Å². The van der Waals surface area contributed by atoms with Gasteiger partial charge in [-0.25, -0.2) is 4.98 Å². The number of hydrogen-bond acceptors (Lipinski definition) is 4. The smallest absolute Gasteiger partial charge is 0.127 e. The van der Waals surface area contributed by atoms with Crippen LogP contribution in [-0.4, -0.2) is 36.1 Å². The highest BCUT2D eigenvalue weighted by Crippen LogP contribution is 2.13. The molecule has 0 aromatic carbocycles. The maximum atomic E-state index is 8.75. The Morgan fingerprint density at radius 3 is 3.20 bits per heavy atom. The average molecular weight is 202 g/mol. The predicted molar refractivity (Wildman–Crippen MR) is 58.5 cm³/mol. The van der Waals surface area contributed by atoms with Gasteiger partial charge in [0.05, 0.1) is 11.6 Å². The summed E-state index contributed by atoms with van der Waals surface area (Å²) in [5.41, 5.74) is 0.652. The summed E-state index contributed by atoms with van der Waals surface area (Å²) in [5.74, 6) is 0.800. The van der Waals surface area contributed by atoms with Crippen molar-refractivity contribution in [3.05, 3.63) is 23.9 Å². The summed E-state index contributed by atoms with van der Waals surface area (Å²) in [6.07, 6.45) is 2.80. The minimum atomic E-state index is 0.455. The van der Waals surface area contributed by atoms with E-state index in [-0.39, 0.29) is 0 Å². The molecule has 4 heteroatoms. The van der Waals surface area contributed by atoms with Crippen LogP contribution in [0.1, 0.15) is 12.0 Å². The molecule has 1 aromatic heterocycles. The van der Waals surface area contributed by atoms with Crippen molar-refractivity contribution >= 4 is 5.82 Å². The number of nitrogens with one attached hydrogen (secondary N) is 1. The van der Waals surface area contributed by atoms with Gasteiger partial charge in [0.1, 0.15) is 5.82 Å². The van der Waals surface area contributed by atoms with Crippen molar-refractivity contribution in [1.29, 1.82) is 5.26 Å². The number of likely N-dealkylation sites (tertiary alicyclic amines) is 1. The zero-order valence-corrected chi connectivity index (χ0v) is 8.77. The van der Waals surface area contributed by atoms with Crippen LogP contribution >= 0.6 is 0 Å². The van der Waals surface area contributed by atoms with Gasteiger partial charge in [0.2, 0.25) is 0 Å². The van der Waals surface area contributed by atoms with Crippen LogP contribution in [0.4, 0.5) is 5.82 Å². The molecule has 1 atom stereocenters. The lowest BCUT2D eigenvalue weighted by molar-refractivity contribution is 0.414. The Bertz CT molecular complexity index is 382. The second kappa shape index (κ2) is 4.28. The molecule has 78 valence electrons. The molecule has 2 heterocycles. The number of nitrogens with zero attached hydrogens (tertiary/aromatic N) is 3. The van der Waals surface area contributed by atoms with Gasteiger partial charge in [-0.3, -0.25) is 0 Å². The molecule has 4 nitrogen and oxygen atoms in total. The summed E-state index contributed by atoms with van der Waals surface area (Å²) < 4.78 is 0. The number of likely N-dealkylation sites (N-methyl/N-ethyl adjacent to an activating group) is 1. The quantitative estimate of drug-likeness (QED) is 0.779. The molecular weight excluding hydrogens is 188 g/mol.